The zero-order valence-corrected chi connectivity index (χ0v) is 16.8. The van der Waals surface area contributed by atoms with Crippen molar-refractivity contribution in [2.75, 3.05) is 13.1 Å². The van der Waals surface area contributed by atoms with E-state index in [1.807, 2.05) is 18.2 Å². The fourth-order valence-electron chi connectivity index (χ4n) is 3.72. The molecule has 1 heterocycles. The second kappa shape index (κ2) is 9.91. The Morgan fingerprint density at radius 3 is 2.63 bits per heavy atom. The molecule has 2 aromatic rings. The standard InChI is InChI=1S/C23H29ClN2O/c1-18(9-10-19-6-3-2-4-7-19)25-23(27)21-8-5-15-26(17-21)16-20-11-13-22(24)14-12-20/h2-4,6-7,11-14,18,21H,5,8-10,15-17H2,1H3,(H,25,27). The minimum atomic E-state index is 0.0882. The van der Waals surface area contributed by atoms with E-state index in [1.54, 1.807) is 0 Å². The van der Waals surface area contributed by atoms with E-state index < -0.39 is 0 Å². The van der Waals surface area contributed by atoms with Crippen molar-refractivity contribution in [2.24, 2.45) is 5.92 Å². The van der Waals surface area contributed by atoms with Crippen LogP contribution in [-0.2, 0) is 17.8 Å². The van der Waals surface area contributed by atoms with Crippen molar-refractivity contribution in [3.63, 3.8) is 0 Å². The number of aryl methyl sites for hydroxylation is 1. The van der Waals surface area contributed by atoms with Gasteiger partial charge in [-0.3, -0.25) is 9.69 Å². The first-order valence-electron chi connectivity index (χ1n) is 9.91. The van der Waals surface area contributed by atoms with Gasteiger partial charge in [0.25, 0.3) is 0 Å². The van der Waals surface area contributed by atoms with E-state index >= 15 is 0 Å². The molecular formula is C23H29ClN2O. The molecule has 27 heavy (non-hydrogen) atoms. The minimum absolute atomic E-state index is 0.0882. The van der Waals surface area contributed by atoms with Crippen molar-refractivity contribution in [3.8, 4) is 0 Å². The Bertz CT molecular complexity index is 717. The fraction of sp³-hybridized carbons (Fsp3) is 0.435. The molecule has 1 aliphatic rings. The van der Waals surface area contributed by atoms with Crippen LogP contribution in [0.4, 0.5) is 0 Å². The molecular weight excluding hydrogens is 356 g/mol. The van der Waals surface area contributed by atoms with Crippen molar-refractivity contribution >= 4 is 17.5 Å². The molecule has 0 radical (unpaired) electrons. The van der Waals surface area contributed by atoms with Crippen LogP contribution in [0.15, 0.2) is 54.6 Å². The van der Waals surface area contributed by atoms with Gasteiger partial charge in [-0.25, -0.2) is 0 Å². The topological polar surface area (TPSA) is 32.3 Å². The maximum absolute atomic E-state index is 12.7. The maximum Gasteiger partial charge on any atom is 0.224 e. The summed E-state index contributed by atoms with van der Waals surface area (Å²) in [4.78, 5) is 15.1. The summed E-state index contributed by atoms with van der Waals surface area (Å²) < 4.78 is 0. The highest BCUT2D eigenvalue weighted by atomic mass is 35.5. The van der Waals surface area contributed by atoms with E-state index in [1.165, 1.54) is 11.1 Å². The molecule has 1 aliphatic heterocycles. The Labute approximate surface area is 167 Å². The highest BCUT2D eigenvalue weighted by Crippen LogP contribution is 2.20. The smallest absolute Gasteiger partial charge is 0.224 e. The number of hydrogen-bond acceptors (Lipinski definition) is 2. The van der Waals surface area contributed by atoms with Gasteiger partial charge < -0.3 is 5.32 Å². The van der Waals surface area contributed by atoms with E-state index in [4.69, 9.17) is 11.6 Å². The van der Waals surface area contributed by atoms with Crippen LogP contribution in [0.5, 0.6) is 0 Å². The second-order valence-electron chi connectivity index (χ2n) is 7.63. The summed E-state index contributed by atoms with van der Waals surface area (Å²) in [5.41, 5.74) is 2.57. The molecule has 1 saturated heterocycles. The number of nitrogens with one attached hydrogen (secondary N) is 1. The van der Waals surface area contributed by atoms with E-state index in [2.05, 4.69) is 53.5 Å². The van der Waals surface area contributed by atoms with E-state index in [0.717, 1.165) is 50.3 Å². The van der Waals surface area contributed by atoms with Gasteiger partial charge in [-0.1, -0.05) is 54.1 Å². The van der Waals surface area contributed by atoms with E-state index in [0.29, 0.717) is 0 Å². The molecule has 2 unspecified atom stereocenters. The second-order valence-corrected chi connectivity index (χ2v) is 8.07. The first-order valence-corrected chi connectivity index (χ1v) is 10.3. The van der Waals surface area contributed by atoms with Crippen LogP contribution >= 0.6 is 11.6 Å². The highest BCUT2D eigenvalue weighted by molar-refractivity contribution is 6.30. The molecule has 0 saturated carbocycles. The molecule has 2 aromatic carbocycles. The summed E-state index contributed by atoms with van der Waals surface area (Å²) in [6.45, 7) is 4.87. The third kappa shape index (κ3) is 6.37. The quantitative estimate of drug-likeness (QED) is 0.751. The lowest BCUT2D eigenvalue weighted by Crippen LogP contribution is -2.45. The van der Waals surface area contributed by atoms with Crippen molar-refractivity contribution in [2.45, 2.75) is 45.2 Å². The summed E-state index contributed by atoms with van der Waals surface area (Å²) in [5, 5.41) is 3.99. The van der Waals surface area contributed by atoms with Gasteiger partial charge in [0, 0.05) is 24.2 Å². The average Bonchev–Trinajstić information content (AvgIpc) is 2.69. The molecule has 3 rings (SSSR count). The highest BCUT2D eigenvalue weighted by Gasteiger charge is 2.26. The van der Waals surface area contributed by atoms with E-state index in [-0.39, 0.29) is 17.9 Å². The van der Waals surface area contributed by atoms with Gasteiger partial charge >= 0.3 is 0 Å². The number of carbonyl (C=O) groups excluding carboxylic acids is 1. The lowest BCUT2D eigenvalue weighted by molar-refractivity contribution is -0.127. The lowest BCUT2D eigenvalue weighted by atomic mass is 9.96. The first kappa shape index (κ1) is 19.9. The summed E-state index contributed by atoms with van der Waals surface area (Å²) in [6.07, 6.45) is 4.02. The number of hydrogen-bond donors (Lipinski definition) is 1. The van der Waals surface area contributed by atoms with Gasteiger partial charge in [0.05, 0.1) is 5.92 Å². The SMILES string of the molecule is CC(CCc1ccccc1)NC(=O)C1CCCN(Cc2ccc(Cl)cc2)C1. The summed E-state index contributed by atoms with van der Waals surface area (Å²) >= 11 is 5.97. The molecule has 2 atom stereocenters. The monoisotopic (exact) mass is 384 g/mol. The molecule has 1 amide bonds. The number of amides is 1. The molecule has 0 spiro atoms. The van der Waals surface area contributed by atoms with Crippen LogP contribution in [0, 0.1) is 5.92 Å². The van der Waals surface area contributed by atoms with Gasteiger partial charge in [-0.15, -0.1) is 0 Å². The molecule has 0 bridgehead atoms. The predicted octanol–water partition coefficient (Wildman–Crippen LogP) is 4.69. The Balaban J connectivity index is 1.45. The Morgan fingerprint density at radius 1 is 1.15 bits per heavy atom. The zero-order valence-electron chi connectivity index (χ0n) is 16.0. The number of carbonyl (C=O) groups is 1. The van der Waals surface area contributed by atoms with Crippen molar-refractivity contribution in [1.29, 1.82) is 0 Å². The Morgan fingerprint density at radius 2 is 1.89 bits per heavy atom. The van der Waals surface area contributed by atoms with Crippen molar-refractivity contribution < 1.29 is 4.79 Å². The van der Waals surface area contributed by atoms with Crippen LogP contribution in [-0.4, -0.2) is 29.9 Å². The molecule has 1 N–H and O–H groups in total. The molecule has 4 heteroatoms. The molecule has 0 aromatic heterocycles. The number of rotatable bonds is 7. The van der Waals surface area contributed by atoms with Gasteiger partial charge in [0.15, 0.2) is 0 Å². The van der Waals surface area contributed by atoms with Crippen molar-refractivity contribution in [1.82, 2.24) is 10.2 Å². The van der Waals surface area contributed by atoms with Gasteiger partial charge in [0.2, 0.25) is 5.91 Å². The number of nitrogens with zero attached hydrogens (tertiary/aromatic N) is 1. The Hall–Kier alpha value is -1.84. The molecule has 144 valence electrons. The third-order valence-electron chi connectivity index (χ3n) is 5.29. The maximum atomic E-state index is 12.7. The number of benzene rings is 2. The number of piperidine rings is 1. The zero-order chi connectivity index (χ0) is 19.1. The average molecular weight is 385 g/mol. The minimum Gasteiger partial charge on any atom is -0.353 e. The largest absolute Gasteiger partial charge is 0.353 e. The third-order valence-corrected chi connectivity index (χ3v) is 5.55. The fourth-order valence-corrected chi connectivity index (χ4v) is 3.85. The first-order chi connectivity index (χ1) is 13.1. The number of likely N-dealkylation sites (tertiary alicyclic amines) is 1. The van der Waals surface area contributed by atoms with Gasteiger partial charge in [-0.05, 0) is 62.4 Å². The normalized spacial score (nSPS) is 18.8. The summed E-state index contributed by atoms with van der Waals surface area (Å²) in [7, 11) is 0. The van der Waals surface area contributed by atoms with Crippen LogP contribution in [0.1, 0.15) is 37.3 Å². The van der Waals surface area contributed by atoms with Crippen LogP contribution in [0.25, 0.3) is 0 Å². The van der Waals surface area contributed by atoms with Crippen LogP contribution in [0.3, 0.4) is 0 Å². The van der Waals surface area contributed by atoms with Gasteiger partial charge in [0.1, 0.15) is 0 Å². The van der Waals surface area contributed by atoms with Gasteiger partial charge in [-0.2, -0.15) is 0 Å². The van der Waals surface area contributed by atoms with Crippen molar-refractivity contribution in [3.05, 3.63) is 70.7 Å². The number of halogens is 1. The lowest BCUT2D eigenvalue weighted by Gasteiger charge is -2.32. The predicted molar refractivity (Wildman–Crippen MR) is 112 cm³/mol. The Kier molecular flexibility index (Phi) is 7.31. The molecule has 0 aliphatic carbocycles. The summed E-state index contributed by atoms with van der Waals surface area (Å²) in [6, 6.07) is 18.6. The molecule has 3 nitrogen and oxygen atoms in total. The summed E-state index contributed by atoms with van der Waals surface area (Å²) in [5.74, 6) is 0.293. The molecule has 1 fully saturated rings. The van der Waals surface area contributed by atoms with E-state index in [9.17, 15) is 4.79 Å². The van der Waals surface area contributed by atoms with Crippen LogP contribution in [0.2, 0.25) is 5.02 Å². The van der Waals surface area contributed by atoms with Crippen LogP contribution < -0.4 is 5.32 Å².